The fourth-order valence-corrected chi connectivity index (χ4v) is 11.3. The molecular formula is C21H34S2. The predicted octanol–water partition coefficient (Wildman–Crippen LogP) is 6.60. The van der Waals surface area contributed by atoms with Crippen LogP contribution in [0.25, 0.3) is 0 Å². The van der Waals surface area contributed by atoms with Crippen LogP contribution in [0.15, 0.2) is 0 Å². The summed E-state index contributed by atoms with van der Waals surface area (Å²) in [5.74, 6) is 7.13. The lowest BCUT2D eigenvalue weighted by atomic mass is 9.45. The molecule has 0 nitrogen and oxygen atoms in total. The van der Waals surface area contributed by atoms with Crippen molar-refractivity contribution in [3.63, 3.8) is 0 Å². The third kappa shape index (κ3) is 2.25. The lowest BCUT2D eigenvalue weighted by molar-refractivity contribution is -0.103. The SMILES string of the molecule is C[C@]12CCC[C@@H]1[C@@H]1CC[C@H]3CC4(CC[C@@]3(C)[C@@H]1CC2)SCCS4. The zero-order valence-electron chi connectivity index (χ0n) is 15.1. The minimum atomic E-state index is 0.646. The van der Waals surface area contributed by atoms with Gasteiger partial charge in [0, 0.05) is 11.5 Å². The molecule has 0 bridgehead atoms. The van der Waals surface area contributed by atoms with Crippen molar-refractivity contribution in [1.29, 1.82) is 0 Å². The van der Waals surface area contributed by atoms with Crippen molar-refractivity contribution < 1.29 is 0 Å². The third-order valence-electron chi connectivity index (χ3n) is 9.26. The summed E-state index contributed by atoms with van der Waals surface area (Å²) in [6.07, 6.45) is 15.5. The number of rotatable bonds is 0. The molecule has 5 fully saturated rings. The molecule has 130 valence electrons. The summed E-state index contributed by atoms with van der Waals surface area (Å²) in [6, 6.07) is 0. The molecule has 5 rings (SSSR count). The van der Waals surface area contributed by atoms with E-state index >= 15 is 0 Å². The van der Waals surface area contributed by atoms with E-state index < -0.39 is 0 Å². The van der Waals surface area contributed by atoms with Crippen LogP contribution in [-0.2, 0) is 0 Å². The second-order valence-corrected chi connectivity index (χ2v) is 13.3. The van der Waals surface area contributed by atoms with Crippen molar-refractivity contribution in [3.05, 3.63) is 0 Å². The minimum absolute atomic E-state index is 0.646. The van der Waals surface area contributed by atoms with Crippen molar-refractivity contribution in [2.45, 2.75) is 82.1 Å². The van der Waals surface area contributed by atoms with E-state index in [-0.39, 0.29) is 0 Å². The summed E-state index contributed by atoms with van der Waals surface area (Å²) in [5, 5.41) is 0. The second-order valence-electron chi connectivity index (χ2n) is 10.1. The molecule has 0 aromatic carbocycles. The summed E-state index contributed by atoms with van der Waals surface area (Å²) in [4.78, 5) is 0. The molecule has 4 aliphatic carbocycles. The lowest BCUT2D eigenvalue weighted by Gasteiger charge is -2.61. The molecule has 1 heterocycles. The Kier molecular flexibility index (Phi) is 3.70. The van der Waals surface area contributed by atoms with E-state index in [1.54, 1.807) is 44.9 Å². The highest BCUT2D eigenvalue weighted by Gasteiger charge is 2.59. The predicted molar refractivity (Wildman–Crippen MR) is 104 cm³/mol. The van der Waals surface area contributed by atoms with Gasteiger partial charge in [-0.3, -0.25) is 0 Å². The molecule has 0 aromatic heterocycles. The van der Waals surface area contributed by atoms with Gasteiger partial charge in [0.05, 0.1) is 4.08 Å². The molecule has 0 unspecified atom stereocenters. The van der Waals surface area contributed by atoms with Crippen molar-refractivity contribution in [3.8, 4) is 0 Å². The van der Waals surface area contributed by atoms with Crippen LogP contribution in [0.1, 0.15) is 78.1 Å². The molecule has 1 saturated heterocycles. The Hall–Kier alpha value is 0.700. The molecule has 2 heteroatoms. The van der Waals surface area contributed by atoms with E-state index in [0.717, 1.165) is 29.1 Å². The van der Waals surface area contributed by atoms with Crippen molar-refractivity contribution in [2.75, 3.05) is 11.5 Å². The minimum Gasteiger partial charge on any atom is -0.143 e. The Morgan fingerprint density at radius 3 is 2.43 bits per heavy atom. The lowest BCUT2D eigenvalue weighted by Crippen LogP contribution is -2.54. The number of hydrogen-bond acceptors (Lipinski definition) is 2. The van der Waals surface area contributed by atoms with Crippen molar-refractivity contribution in [1.82, 2.24) is 0 Å². The van der Waals surface area contributed by atoms with Crippen LogP contribution in [0, 0.1) is 34.5 Å². The first kappa shape index (κ1) is 15.9. The van der Waals surface area contributed by atoms with Gasteiger partial charge in [0.2, 0.25) is 0 Å². The monoisotopic (exact) mass is 350 g/mol. The number of fused-ring (bicyclic) bond motifs is 5. The number of hydrogen-bond donors (Lipinski definition) is 0. The van der Waals surface area contributed by atoms with E-state index in [1.807, 2.05) is 0 Å². The Bertz CT molecular complexity index is 482. The van der Waals surface area contributed by atoms with Crippen molar-refractivity contribution >= 4 is 23.5 Å². The van der Waals surface area contributed by atoms with Gasteiger partial charge in [-0.1, -0.05) is 20.3 Å². The first-order valence-corrected chi connectivity index (χ1v) is 12.3. The van der Waals surface area contributed by atoms with Crippen molar-refractivity contribution in [2.24, 2.45) is 34.5 Å². The molecule has 0 amide bonds. The highest BCUT2D eigenvalue weighted by Crippen LogP contribution is 2.69. The summed E-state index contributed by atoms with van der Waals surface area (Å²) >= 11 is 4.65. The van der Waals surface area contributed by atoms with Crippen LogP contribution in [0.5, 0.6) is 0 Å². The fraction of sp³-hybridized carbons (Fsp3) is 1.00. The largest absolute Gasteiger partial charge is 0.143 e. The van der Waals surface area contributed by atoms with Crippen LogP contribution >= 0.6 is 23.5 Å². The third-order valence-corrected chi connectivity index (χ3v) is 12.8. The van der Waals surface area contributed by atoms with Gasteiger partial charge in [-0.25, -0.2) is 0 Å². The van der Waals surface area contributed by atoms with Gasteiger partial charge in [0.25, 0.3) is 0 Å². The van der Waals surface area contributed by atoms with Gasteiger partial charge >= 0.3 is 0 Å². The average Bonchev–Trinajstić information content (AvgIpc) is 3.15. The van der Waals surface area contributed by atoms with Gasteiger partial charge in [-0.05, 0) is 92.3 Å². The van der Waals surface area contributed by atoms with Crippen LogP contribution in [0.2, 0.25) is 0 Å². The molecule has 0 aromatic rings. The van der Waals surface area contributed by atoms with Gasteiger partial charge in [-0.2, -0.15) is 0 Å². The Morgan fingerprint density at radius 2 is 1.61 bits per heavy atom. The Labute approximate surface area is 151 Å². The zero-order chi connectivity index (χ0) is 15.7. The number of thioether (sulfide) groups is 2. The van der Waals surface area contributed by atoms with E-state index in [2.05, 4.69) is 37.4 Å². The highest BCUT2D eigenvalue weighted by atomic mass is 32.2. The summed E-state index contributed by atoms with van der Waals surface area (Å²) in [7, 11) is 0. The normalized spacial score (nSPS) is 54.5. The summed E-state index contributed by atoms with van der Waals surface area (Å²) < 4.78 is 0.646. The van der Waals surface area contributed by atoms with Crippen LogP contribution in [-0.4, -0.2) is 15.6 Å². The smallest absolute Gasteiger partial charge is 0.0614 e. The summed E-state index contributed by atoms with van der Waals surface area (Å²) in [6.45, 7) is 5.39. The first-order valence-electron chi connectivity index (χ1n) is 10.3. The Morgan fingerprint density at radius 1 is 0.783 bits per heavy atom. The topological polar surface area (TPSA) is 0 Å². The molecule has 0 radical (unpaired) electrons. The van der Waals surface area contributed by atoms with Gasteiger partial charge in [0.1, 0.15) is 0 Å². The fourth-order valence-electron chi connectivity index (χ4n) is 7.95. The first-order chi connectivity index (χ1) is 11.0. The molecule has 23 heavy (non-hydrogen) atoms. The maximum atomic E-state index is 2.74. The molecular weight excluding hydrogens is 316 g/mol. The quantitative estimate of drug-likeness (QED) is 0.483. The zero-order valence-corrected chi connectivity index (χ0v) is 16.7. The molecule has 1 spiro atoms. The molecule has 4 saturated carbocycles. The van der Waals surface area contributed by atoms with Crippen LogP contribution in [0.3, 0.4) is 0 Å². The van der Waals surface area contributed by atoms with E-state index in [1.165, 1.54) is 30.8 Å². The molecule has 1 aliphatic heterocycles. The van der Waals surface area contributed by atoms with E-state index in [9.17, 15) is 0 Å². The molecule has 6 atom stereocenters. The average molecular weight is 351 g/mol. The molecule has 0 N–H and O–H groups in total. The van der Waals surface area contributed by atoms with Crippen LogP contribution in [0.4, 0.5) is 0 Å². The van der Waals surface area contributed by atoms with Gasteiger partial charge in [-0.15, -0.1) is 23.5 Å². The maximum Gasteiger partial charge on any atom is 0.0614 e. The van der Waals surface area contributed by atoms with E-state index in [4.69, 9.17) is 0 Å². The van der Waals surface area contributed by atoms with Crippen LogP contribution < -0.4 is 0 Å². The molecule has 5 aliphatic rings. The second kappa shape index (κ2) is 5.35. The van der Waals surface area contributed by atoms with E-state index in [0.29, 0.717) is 9.49 Å². The maximum absolute atomic E-state index is 2.74. The standard InChI is InChI=1S/C21H34S2/c1-19-8-3-4-17(19)16-6-5-15-14-21(22-12-13-23-21)11-10-20(15,2)18(16)7-9-19/h15-18H,3-14H2,1-2H3/t15-,16-,17+,18+,19+,20+/m0/s1. The van der Waals surface area contributed by atoms with Gasteiger partial charge in [0.15, 0.2) is 0 Å². The van der Waals surface area contributed by atoms with Gasteiger partial charge < -0.3 is 0 Å². The highest BCUT2D eigenvalue weighted by molar-refractivity contribution is 8.21. The Balaban J connectivity index is 1.41. The summed E-state index contributed by atoms with van der Waals surface area (Å²) in [5.41, 5.74) is 1.43.